The molecule has 0 aliphatic heterocycles. The maximum atomic E-state index is 11.9. The molecule has 5 nitrogen and oxygen atoms in total. The SMILES string of the molecule is CCC(C)NS(=O)(=O)c1ccc(C(=O)OC)cc1. The van der Waals surface area contributed by atoms with Crippen molar-refractivity contribution in [1.29, 1.82) is 0 Å². The first-order chi connectivity index (χ1) is 8.40. The third kappa shape index (κ3) is 3.54. The van der Waals surface area contributed by atoms with Crippen molar-refractivity contribution >= 4 is 16.0 Å². The summed E-state index contributed by atoms with van der Waals surface area (Å²) in [6.07, 6.45) is 0.708. The lowest BCUT2D eigenvalue weighted by atomic mass is 10.2. The van der Waals surface area contributed by atoms with Crippen LogP contribution in [-0.2, 0) is 14.8 Å². The van der Waals surface area contributed by atoms with Crippen molar-refractivity contribution in [2.75, 3.05) is 7.11 Å². The molecule has 1 rings (SSSR count). The van der Waals surface area contributed by atoms with Gasteiger partial charge in [0.15, 0.2) is 0 Å². The highest BCUT2D eigenvalue weighted by atomic mass is 32.2. The van der Waals surface area contributed by atoms with Crippen LogP contribution in [0.4, 0.5) is 0 Å². The predicted molar refractivity (Wildman–Crippen MR) is 67.9 cm³/mol. The van der Waals surface area contributed by atoms with Gasteiger partial charge in [-0.15, -0.1) is 0 Å². The van der Waals surface area contributed by atoms with Gasteiger partial charge in [0.2, 0.25) is 10.0 Å². The molecule has 1 unspecified atom stereocenters. The smallest absolute Gasteiger partial charge is 0.337 e. The molecular formula is C12H17NO4S. The zero-order valence-corrected chi connectivity index (χ0v) is 11.5. The molecule has 18 heavy (non-hydrogen) atoms. The largest absolute Gasteiger partial charge is 0.465 e. The van der Waals surface area contributed by atoms with Gasteiger partial charge in [0, 0.05) is 6.04 Å². The minimum atomic E-state index is -3.52. The van der Waals surface area contributed by atoms with E-state index in [1.54, 1.807) is 6.92 Å². The number of nitrogens with one attached hydrogen (secondary N) is 1. The summed E-state index contributed by atoms with van der Waals surface area (Å²) in [6, 6.07) is 5.50. The van der Waals surface area contributed by atoms with Gasteiger partial charge in [-0.3, -0.25) is 0 Å². The van der Waals surface area contributed by atoms with Crippen LogP contribution >= 0.6 is 0 Å². The number of rotatable bonds is 5. The highest BCUT2D eigenvalue weighted by molar-refractivity contribution is 7.89. The van der Waals surface area contributed by atoms with E-state index < -0.39 is 16.0 Å². The second-order valence-corrected chi connectivity index (χ2v) is 5.66. The summed E-state index contributed by atoms with van der Waals surface area (Å²) in [5, 5.41) is 0. The van der Waals surface area contributed by atoms with Crippen LogP contribution in [0.3, 0.4) is 0 Å². The molecule has 0 fully saturated rings. The molecule has 1 atom stereocenters. The minimum Gasteiger partial charge on any atom is -0.465 e. The summed E-state index contributed by atoms with van der Waals surface area (Å²) in [4.78, 5) is 11.3. The van der Waals surface area contributed by atoms with E-state index in [2.05, 4.69) is 9.46 Å². The summed E-state index contributed by atoms with van der Waals surface area (Å²) >= 11 is 0. The molecule has 1 aromatic rings. The number of ether oxygens (including phenoxy) is 1. The first-order valence-corrected chi connectivity index (χ1v) is 7.09. The number of hydrogen-bond acceptors (Lipinski definition) is 4. The van der Waals surface area contributed by atoms with Gasteiger partial charge in [0.05, 0.1) is 17.6 Å². The van der Waals surface area contributed by atoms with Crippen LogP contribution in [-0.4, -0.2) is 27.5 Å². The summed E-state index contributed by atoms with van der Waals surface area (Å²) in [6.45, 7) is 3.69. The molecule has 0 aliphatic carbocycles. The van der Waals surface area contributed by atoms with Crippen LogP contribution in [0.15, 0.2) is 29.2 Å². The second-order valence-electron chi connectivity index (χ2n) is 3.95. The molecule has 0 saturated heterocycles. The van der Waals surface area contributed by atoms with Crippen LogP contribution in [0.2, 0.25) is 0 Å². The Morgan fingerprint density at radius 3 is 2.33 bits per heavy atom. The van der Waals surface area contributed by atoms with Crippen LogP contribution in [0.1, 0.15) is 30.6 Å². The fraction of sp³-hybridized carbons (Fsp3) is 0.417. The van der Waals surface area contributed by atoms with Crippen molar-refractivity contribution in [1.82, 2.24) is 4.72 Å². The van der Waals surface area contributed by atoms with Gasteiger partial charge in [-0.25, -0.2) is 17.9 Å². The number of methoxy groups -OCH3 is 1. The van der Waals surface area contributed by atoms with E-state index in [-0.39, 0.29) is 10.9 Å². The van der Waals surface area contributed by atoms with E-state index in [1.807, 2.05) is 6.92 Å². The monoisotopic (exact) mass is 271 g/mol. The van der Waals surface area contributed by atoms with Gasteiger partial charge in [-0.1, -0.05) is 6.92 Å². The molecule has 0 aromatic heterocycles. The number of carbonyl (C=O) groups is 1. The van der Waals surface area contributed by atoms with Crippen LogP contribution in [0.25, 0.3) is 0 Å². The van der Waals surface area contributed by atoms with Crippen LogP contribution in [0, 0.1) is 0 Å². The number of hydrogen-bond donors (Lipinski definition) is 1. The summed E-state index contributed by atoms with van der Waals surface area (Å²) in [5.74, 6) is -0.492. The van der Waals surface area contributed by atoms with E-state index in [9.17, 15) is 13.2 Å². The highest BCUT2D eigenvalue weighted by Gasteiger charge is 2.17. The van der Waals surface area contributed by atoms with Gasteiger partial charge in [0.25, 0.3) is 0 Å². The fourth-order valence-electron chi connectivity index (χ4n) is 1.30. The molecule has 0 aliphatic rings. The zero-order valence-electron chi connectivity index (χ0n) is 10.6. The third-order valence-corrected chi connectivity index (χ3v) is 4.16. The number of sulfonamides is 1. The highest BCUT2D eigenvalue weighted by Crippen LogP contribution is 2.12. The average Bonchev–Trinajstić information content (AvgIpc) is 2.37. The molecular weight excluding hydrogens is 254 g/mol. The number of carbonyl (C=O) groups excluding carboxylic acids is 1. The molecule has 1 N–H and O–H groups in total. The fourth-order valence-corrected chi connectivity index (χ4v) is 2.63. The lowest BCUT2D eigenvalue weighted by Gasteiger charge is -2.12. The van der Waals surface area contributed by atoms with Crippen molar-refractivity contribution < 1.29 is 17.9 Å². The molecule has 1 aromatic carbocycles. The summed E-state index contributed by atoms with van der Waals surface area (Å²) in [5.41, 5.74) is 0.319. The molecule has 6 heteroatoms. The van der Waals surface area contributed by atoms with E-state index in [4.69, 9.17) is 0 Å². The number of esters is 1. The van der Waals surface area contributed by atoms with Crippen LogP contribution in [0.5, 0.6) is 0 Å². The van der Waals surface area contributed by atoms with Gasteiger partial charge in [-0.2, -0.15) is 0 Å². The van der Waals surface area contributed by atoms with E-state index in [0.717, 1.165) is 0 Å². The second kappa shape index (κ2) is 5.97. The Labute approximate surface area is 107 Å². The topological polar surface area (TPSA) is 72.5 Å². The third-order valence-electron chi connectivity index (χ3n) is 2.55. The van der Waals surface area contributed by atoms with E-state index in [0.29, 0.717) is 12.0 Å². The van der Waals surface area contributed by atoms with Gasteiger partial charge in [0.1, 0.15) is 0 Å². The zero-order chi connectivity index (χ0) is 13.8. The lowest BCUT2D eigenvalue weighted by molar-refractivity contribution is 0.0600. The van der Waals surface area contributed by atoms with Crippen molar-refractivity contribution in [3.63, 3.8) is 0 Å². The minimum absolute atomic E-state index is 0.129. The van der Waals surface area contributed by atoms with Crippen molar-refractivity contribution in [2.45, 2.75) is 31.2 Å². The Bertz CT molecular complexity index is 507. The average molecular weight is 271 g/mol. The summed E-state index contributed by atoms with van der Waals surface area (Å²) in [7, 11) is -2.25. The Hall–Kier alpha value is -1.40. The Morgan fingerprint density at radius 1 is 1.33 bits per heavy atom. The van der Waals surface area contributed by atoms with Crippen molar-refractivity contribution in [3.8, 4) is 0 Å². The molecule has 0 saturated carbocycles. The molecule has 0 radical (unpaired) electrons. The van der Waals surface area contributed by atoms with Gasteiger partial charge >= 0.3 is 5.97 Å². The molecule has 0 spiro atoms. The molecule has 100 valence electrons. The molecule has 0 heterocycles. The Kier molecular flexibility index (Phi) is 4.86. The van der Waals surface area contributed by atoms with Gasteiger partial charge in [-0.05, 0) is 37.6 Å². The normalized spacial score (nSPS) is 13.1. The van der Waals surface area contributed by atoms with E-state index >= 15 is 0 Å². The molecule has 0 bridgehead atoms. The number of benzene rings is 1. The van der Waals surface area contributed by atoms with Crippen molar-refractivity contribution in [3.05, 3.63) is 29.8 Å². The maximum Gasteiger partial charge on any atom is 0.337 e. The van der Waals surface area contributed by atoms with Crippen LogP contribution < -0.4 is 4.72 Å². The lowest BCUT2D eigenvalue weighted by Crippen LogP contribution is -2.31. The predicted octanol–water partition coefficient (Wildman–Crippen LogP) is 1.55. The van der Waals surface area contributed by atoms with E-state index in [1.165, 1.54) is 31.4 Å². The molecule has 0 amide bonds. The maximum absolute atomic E-state index is 11.9. The Balaban J connectivity index is 2.94. The van der Waals surface area contributed by atoms with Gasteiger partial charge < -0.3 is 4.74 Å². The standard InChI is InChI=1S/C12H17NO4S/c1-4-9(2)13-18(15,16)11-7-5-10(6-8-11)12(14)17-3/h5-9,13H,4H2,1-3H3. The Morgan fingerprint density at radius 2 is 1.89 bits per heavy atom. The quantitative estimate of drug-likeness (QED) is 0.825. The van der Waals surface area contributed by atoms with Crippen molar-refractivity contribution in [2.24, 2.45) is 0 Å². The first-order valence-electron chi connectivity index (χ1n) is 5.61. The summed E-state index contributed by atoms with van der Waals surface area (Å²) < 4.78 is 30.9. The first kappa shape index (κ1) is 14.7.